The first-order valence-corrected chi connectivity index (χ1v) is 13.4. The quantitative estimate of drug-likeness (QED) is 0.249. The number of halogens is 1. The molecule has 2 amide bonds. The summed E-state index contributed by atoms with van der Waals surface area (Å²) in [7, 11) is 4.92. The molecule has 3 N–H and O–H groups in total. The zero-order chi connectivity index (χ0) is 29.8. The SMILES string of the molecule is Br.CCOc1cc2c(cc1C(=O)NC)C(=N)N(CC(=O)c1cc(OCCCC(=O)N(C)C)c(O)c(C(C)(C)C)c1)C2. The molecule has 1 aliphatic rings. The molecule has 0 unspecified atom stereocenters. The van der Waals surface area contributed by atoms with E-state index >= 15 is 0 Å². The molecule has 0 spiro atoms. The monoisotopic (exact) mass is 632 g/mol. The Hall–Kier alpha value is -3.60. The van der Waals surface area contributed by atoms with Gasteiger partial charge in [-0.05, 0) is 48.6 Å². The lowest BCUT2D eigenvalue weighted by Gasteiger charge is -2.24. The van der Waals surface area contributed by atoms with Crippen molar-refractivity contribution in [2.45, 2.75) is 52.5 Å². The predicted molar refractivity (Wildman–Crippen MR) is 163 cm³/mol. The number of ketones is 1. The Morgan fingerprint density at radius 1 is 1.10 bits per heavy atom. The number of phenols is 1. The Labute approximate surface area is 252 Å². The number of Topliss-reactive ketones (excluding diaryl/α,β-unsaturated/α-hetero) is 1. The van der Waals surface area contributed by atoms with Gasteiger partial charge in [-0.25, -0.2) is 0 Å². The minimum absolute atomic E-state index is 0. The fraction of sp³-hybridized carbons (Fsp3) is 0.467. The molecule has 0 saturated heterocycles. The van der Waals surface area contributed by atoms with E-state index in [-0.39, 0.29) is 65.1 Å². The molecule has 41 heavy (non-hydrogen) atoms. The van der Waals surface area contributed by atoms with Gasteiger partial charge in [-0.1, -0.05) is 20.8 Å². The van der Waals surface area contributed by atoms with Crippen LogP contribution in [0.2, 0.25) is 0 Å². The Morgan fingerprint density at radius 3 is 2.37 bits per heavy atom. The summed E-state index contributed by atoms with van der Waals surface area (Å²) in [5.74, 6) is 0.159. The van der Waals surface area contributed by atoms with E-state index in [1.54, 1.807) is 37.2 Å². The Morgan fingerprint density at radius 2 is 1.78 bits per heavy atom. The number of nitrogens with zero attached hydrogens (tertiary/aromatic N) is 2. The van der Waals surface area contributed by atoms with Crippen LogP contribution in [0.1, 0.15) is 77.9 Å². The molecule has 0 radical (unpaired) electrons. The second-order valence-electron chi connectivity index (χ2n) is 11.0. The maximum atomic E-state index is 13.5. The van der Waals surface area contributed by atoms with Gasteiger partial charge in [0.05, 0.1) is 25.3 Å². The molecule has 1 heterocycles. The van der Waals surface area contributed by atoms with Gasteiger partial charge in [0.1, 0.15) is 11.6 Å². The van der Waals surface area contributed by atoms with Crippen molar-refractivity contribution in [2.24, 2.45) is 0 Å². The van der Waals surface area contributed by atoms with Crippen LogP contribution < -0.4 is 14.8 Å². The van der Waals surface area contributed by atoms with Crippen LogP contribution in [0.3, 0.4) is 0 Å². The minimum atomic E-state index is -0.470. The van der Waals surface area contributed by atoms with E-state index in [0.29, 0.717) is 54.0 Å². The van der Waals surface area contributed by atoms with Crippen LogP contribution in [0.25, 0.3) is 0 Å². The van der Waals surface area contributed by atoms with E-state index in [1.165, 1.54) is 18.0 Å². The lowest BCUT2D eigenvalue weighted by Crippen LogP contribution is -2.30. The van der Waals surface area contributed by atoms with E-state index < -0.39 is 5.41 Å². The average Bonchev–Trinajstić information content (AvgIpc) is 3.19. The van der Waals surface area contributed by atoms with Crippen LogP contribution >= 0.6 is 17.0 Å². The Balaban J connectivity index is 0.00000588. The largest absolute Gasteiger partial charge is 0.504 e. The minimum Gasteiger partial charge on any atom is -0.504 e. The second kappa shape index (κ2) is 13.8. The number of fused-ring (bicyclic) bond motifs is 1. The average molecular weight is 634 g/mol. The highest BCUT2D eigenvalue weighted by atomic mass is 79.9. The van der Waals surface area contributed by atoms with Gasteiger partial charge in [0, 0.05) is 50.8 Å². The van der Waals surface area contributed by atoms with Crippen LogP contribution in [0.4, 0.5) is 0 Å². The summed E-state index contributed by atoms with van der Waals surface area (Å²) in [6.45, 7) is 8.47. The molecule has 2 aromatic carbocycles. The molecule has 0 atom stereocenters. The van der Waals surface area contributed by atoms with Crippen LogP contribution in [-0.4, -0.2) is 79.2 Å². The highest BCUT2D eigenvalue weighted by molar-refractivity contribution is 8.93. The van der Waals surface area contributed by atoms with Crippen molar-refractivity contribution < 1.29 is 29.0 Å². The van der Waals surface area contributed by atoms with Gasteiger partial charge < -0.3 is 29.7 Å². The zero-order valence-electron chi connectivity index (χ0n) is 24.8. The van der Waals surface area contributed by atoms with Gasteiger partial charge in [0.2, 0.25) is 5.91 Å². The number of rotatable bonds is 11. The Bertz CT molecular complexity index is 1320. The fourth-order valence-corrected chi connectivity index (χ4v) is 4.49. The first-order valence-electron chi connectivity index (χ1n) is 13.4. The van der Waals surface area contributed by atoms with Gasteiger partial charge in [-0.2, -0.15) is 0 Å². The van der Waals surface area contributed by atoms with Crippen LogP contribution in [0.15, 0.2) is 24.3 Å². The molecule has 10 nitrogen and oxygen atoms in total. The van der Waals surface area contributed by atoms with E-state index in [1.807, 2.05) is 27.7 Å². The number of hydrogen-bond acceptors (Lipinski definition) is 7. The van der Waals surface area contributed by atoms with E-state index in [2.05, 4.69) is 5.32 Å². The molecule has 0 fully saturated rings. The molecule has 2 aromatic rings. The summed E-state index contributed by atoms with van der Waals surface area (Å²) in [5.41, 5.74) is 2.16. The summed E-state index contributed by atoms with van der Waals surface area (Å²) >= 11 is 0. The first kappa shape index (κ1) is 33.6. The number of aromatic hydroxyl groups is 1. The van der Waals surface area contributed by atoms with E-state index in [9.17, 15) is 19.5 Å². The molecule has 0 aliphatic carbocycles. The highest BCUT2D eigenvalue weighted by Gasteiger charge is 2.30. The van der Waals surface area contributed by atoms with E-state index in [4.69, 9.17) is 14.9 Å². The van der Waals surface area contributed by atoms with Gasteiger partial charge >= 0.3 is 0 Å². The summed E-state index contributed by atoms with van der Waals surface area (Å²) < 4.78 is 11.5. The summed E-state index contributed by atoms with van der Waals surface area (Å²) in [6, 6.07) is 6.58. The first-order chi connectivity index (χ1) is 18.8. The number of ether oxygens (including phenoxy) is 2. The van der Waals surface area contributed by atoms with Gasteiger partial charge in [0.25, 0.3) is 5.91 Å². The maximum absolute atomic E-state index is 13.5. The molecule has 1 aliphatic heterocycles. The Kier molecular flexibility index (Phi) is 11.3. The number of benzene rings is 2. The molecule has 0 aromatic heterocycles. The molecule has 0 saturated carbocycles. The smallest absolute Gasteiger partial charge is 0.254 e. The van der Waals surface area contributed by atoms with Crippen LogP contribution in [-0.2, 0) is 16.8 Å². The number of amidine groups is 1. The number of hydrogen-bond donors (Lipinski definition) is 3. The zero-order valence-corrected chi connectivity index (χ0v) is 26.6. The van der Waals surface area contributed by atoms with Gasteiger partial charge in [-0.15, -0.1) is 17.0 Å². The third kappa shape index (κ3) is 7.78. The number of nitrogens with one attached hydrogen (secondary N) is 2. The third-order valence-corrected chi connectivity index (χ3v) is 6.74. The van der Waals surface area contributed by atoms with Crippen molar-refractivity contribution in [3.8, 4) is 17.2 Å². The normalized spacial score (nSPS) is 12.4. The molecule has 3 rings (SSSR count). The molecular formula is C30H41BrN4O6. The highest BCUT2D eigenvalue weighted by Crippen LogP contribution is 2.39. The predicted octanol–water partition coefficient (Wildman–Crippen LogP) is 4.30. The van der Waals surface area contributed by atoms with Crippen molar-refractivity contribution in [3.63, 3.8) is 0 Å². The fourth-order valence-electron chi connectivity index (χ4n) is 4.49. The summed E-state index contributed by atoms with van der Waals surface area (Å²) in [6.07, 6.45) is 0.771. The molecule has 224 valence electrons. The van der Waals surface area contributed by atoms with Crippen molar-refractivity contribution in [2.75, 3.05) is 40.9 Å². The van der Waals surface area contributed by atoms with E-state index in [0.717, 1.165) is 5.56 Å². The van der Waals surface area contributed by atoms with Gasteiger partial charge in [0.15, 0.2) is 17.3 Å². The number of carbonyl (C=O) groups is 3. The molecule has 0 bridgehead atoms. The van der Waals surface area contributed by atoms with Crippen molar-refractivity contribution >= 4 is 40.4 Å². The number of carbonyl (C=O) groups excluding carboxylic acids is 3. The maximum Gasteiger partial charge on any atom is 0.254 e. The number of phenolic OH excluding ortho intramolecular Hbond substituents is 1. The lowest BCUT2D eigenvalue weighted by molar-refractivity contribution is -0.128. The van der Waals surface area contributed by atoms with Crippen molar-refractivity contribution in [1.29, 1.82) is 5.41 Å². The summed E-state index contributed by atoms with van der Waals surface area (Å²) in [4.78, 5) is 40.9. The topological polar surface area (TPSA) is 132 Å². The summed E-state index contributed by atoms with van der Waals surface area (Å²) in [5, 5.41) is 22.2. The van der Waals surface area contributed by atoms with Crippen LogP contribution in [0, 0.1) is 5.41 Å². The van der Waals surface area contributed by atoms with Crippen LogP contribution in [0.5, 0.6) is 17.2 Å². The standard InChI is InChI=1S/C30H40N4O6.BrH/c1-8-39-24-14-19-16-34(28(31)20(19)15-21(24)29(38)32-5)17-23(35)18-12-22(30(2,3)4)27(37)25(13-18)40-11-9-10-26(36)33(6)7;/h12-15,31,37H,8-11,16-17H2,1-7H3,(H,32,38);1H. The molecule has 11 heteroatoms. The van der Waals surface area contributed by atoms with Gasteiger partial charge in [-0.3, -0.25) is 19.8 Å². The third-order valence-electron chi connectivity index (χ3n) is 6.74. The molecular weight excluding hydrogens is 592 g/mol. The van der Waals surface area contributed by atoms with Crippen molar-refractivity contribution in [1.82, 2.24) is 15.1 Å². The lowest BCUT2D eigenvalue weighted by atomic mass is 9.84. The number of amides is 2. The van der Waals surface area contributed by atoms with Crippen molar-refractivity contribution in [3.05, 3.63) is 52.1 Å². The second-order valence-corrected chi connectivity index (χ2v) is 11.0.